The second kappa shape index (κ2) is 6.27. The van der Waals surface area contributed by atoms with E-state index in [0.717, 1.165) is 15.1 Å². The number of benzene rings is 2. The average molecular weight is 332 g/mol. The summed E-state index contributed by atoms with van der Waals surface area (Å²) in [7, 11) is 0. The molecule has 0 amide bonds. The van der Waals surface area contributed by atoms with Gasteiger partial charge < -0.3 is 0 Å². The molecule has 0 radical (unpaired) electrons. The van der Waals surface area contributed by atoms with Crippen molar-refractivity contribution in [2.75, 3.05) is 0 Å². The smallest absolute Gasteiger partial charge is 0.0992 e. The van der Waals surface area contributed by atoms with Crippen molar-refractivity contribution in [1.29, 1.82) is 5.26 Å². The van der Waals surface area contributed by atoms with Gasteiger partial charge in [-0.15, -0.1) is 11.8 Å². The van der Waals surface area contributed by atoms with Crippen molar-refractivity contribution in [3.05, 3.63) is 63.1 Å². The molecule has 2 aromatic carbocycles. The fraction of sp³-hybridized carbons (Fsp3) is 0.188. The average Bonchev–Trinajstić information content (AvgIpc) is 2.34. The number of nitrogens with zero attached hydrogens (tertiary/aromatic N) is 1. The molecule has 0 saturated heterocycles. The molecule has 0 saturated carbocycles. The van der Waals surface area contributed by atoms with Crippen LogP contribution in [0, 0.1) is 25.2 Å². The summed E-state index contributed by atoms with van der Waals surface area (Å²) in [6.45, 7) is 4.24. The summed E-state index contributed by atoms with van der Waals surface area (Å²) >= 11 is 5.19. The maximum Gasteiger partial charge on any atom is 0.0992 e. The van der Waals surface area contributed by atoms with Gasteiger partial charge in [0.2, 0.25) is 0 Å². The molecule has 2 aromatic rings. The van der Waals surface area contributed by atoms with Crippen molar-refractivity contribution in [3.8, 4) is 6.07 Å². The molecule has 0 aromatic heterocycles. The first-order valence-electron chi connectivity index (χ1n) is 5.97. The normalized spacial score (nSPS) is 10.2. The van der Waals surface area contributed by atoms with Gasteiger partial charge in [-0.1, -0.05) is 45.3 Å². The zero-order chi connectivity index (χ0) is 13.8. The summed E-state index contributed by atoms with van der Waals surface area (Å²) in [6.07, 6.45) is 0. The number of hydrogen-bond acceptors (Lipinski definition) is 2. The third kappa shape index (κ3) is 4.12. The largest absolute Gasteiger partial charge is 0.192 e. The molecular formula is C16H14BrNS. The van der Waals surface area contributed by atoms with Crippen LogP contribution in [0.2, 0.25) is 0 Å². The zero-order valence-electron chi connectivity index (χ0n) is 10.9. The summed E-state index contributed by atoms with van der Waals surface area (Å²) in [6, 6.07) is 14.6. The highest BCUT2D eigenvalue weighted by Gasteiger charge is 2.02. The minimum Gasteiger partial charge on any atom is -0.192 e. The van der Waals surface area contributed by atoms with E-state index >= 15 is 0 Å². The molecule has 1 nitrogen and oxygen atoms in total. The molecule has 0 aliphatic rings. The van der Waals surface area contributed by atoms with E-state index in [4.69, 9.17) is 5.26 Å². The topological polar surface area (TPSA) is 23.8 Å². The van der Waals surface area contributed by atoms with Crippen LogP contribution in [0.4, 0.5) is 0 Å². The number of rotatable bonds is 3. The van der Waals surface area contributed by atoms with Gasteiger partial charge in [-0.2, -0.15) is 5.26 Å². The predicted molar refractivity (Wildman–Crippen MR) is 84.3 cm³/mol. The van der Waals surface area contributed by atoms with E-state index in [1.165, 1.54) is 16.7 Å². The Kier molecular flexibility index (Phi) is 4.68. The van der Waals surface area contributed by atoms with E-state index in [1.54, 1.807) is 11.8 Å². The fourth-order valence-corrected chi connectivity index (χ4v) is 3.59. The fourth-order valence-electron chi connectivity index (χ4n) is 2.03. The molecule has 0 aliphatic heterocycles. The Bertz CT molecular complexity index is 623. The van der Waals surface area contributed by atoms with Gasteiger partial charge in [-0.05, 0) is 37.6 Å². The summed E-state index contributed by atoms with van der Waals surface area (Å²) in [4.78, 5) is 1.12. The molecule has 0 aliphatic carbocycles. The summed E-state index contributed by atoms with van der Waals surface area (Å²) < 4.78 is 0.953. The third-order valence-electron chi connectivity index (χ3n) is 2.69. The predicted octanol–water partition coefficient (Wildman–Crippen LogP) is 5.23. The summed E-state index contributed by atoms with van der Waals surface area (Å²) in [5.74, 6) is 0.920. The molecule has 19 heavy (non-hydrogen) atoms. The van der Waals surface area contributed by atoms with E-state index < -0.39 is 0 Å². The maximum atomic E-state index is 8.96. The lowest BCUT2D eigenvalue weighted by molar-refractivity contribution is 1.29. The van der Waals surface area contributed by atoms with Crippen molar-refractivity contribution in [1.82, 2.24) is 0 Å². The summed E-state index contributed by atoms with van der Waals surface area (Å²) in [5, 5.41) is 8.96. The molecule has 0 N–H and O–H groups in total. The molecule has 2 rings (SSSR count). The molecule has 0 heterocycles. The third-order valence-corrected chi connectivity index (χ3v) is 4.19. The first-order chi connectivity index (χ1) is 9.06. The van der Waals surface area contributed by atoms with Crippen LogP contribution < -0.4 is 0 Å². The van der Waals surface area contributed by atoms with Crippen LogP contribution in [-0.4, -0.2) is 0 Å². The van der Waals surface area contributed by atoms with Gasteiger partial charge in [0.25, 0.3) is 0 Å². The van der Waals surface area contributed by atoms with E-state index in [9.17, 15) is 0 Å². The van der Waals surface area contributed by atoms with E-state index in [-0.39, 0.29) is 0 Å². The molecule has 0 fully saturated rings. The van der Waals surface area contributed by atoms with Crippen molar-refractivity contribution >= 4 is 27.7 Å². The lowest BCUT2D eigenvalue weighted by Gasteiger charge is -2.06. The van der Waals surface area contributed by atoms with Crippen molar-refractivity contribution < 1.29 is 0 Å². The second-order valence-electron chi connectivity index (χ2n) is 4.57. The van der Waals surface area contributed by atoms with Crippen LogP contribution in [0.5, 0.6) is 0 Å². The highest BCUT2D eigenvalue weighted by atomic mass is 79.9. The quantitative estimate of drug-likeness (QED) is 0.719. The van der Waals surface area contributed by atoms with Gasteiger partial charge in [-0.25, -0.2) is 0 Å². The van der Waals surface area contributed by atoms with Gasteiger partial charge in [-0.3, -0.25) is 0 Å². The number of hydrogen-bond donors (Lipinski definition) is 0. The van der Waals surface area contributed by atoms with Crippen molar-refractivity contribution in [2.24, 2.45) is 0 Å². The lowest BCUT2D eigenvalue weighted by Crippen LogP contribution is -1.86. The van der Waals surface area contributed by atoms with Crippen LogP contribution in [-0.2, 0) is 5.75 Å². The molecule has 0 atom stereocenters. The first-order valence-corrected chi connectivity index (χ1v) is 7.75. The minimum atomic E-state index is 0.692. The Balaban J connectivity index is 2.14. The molecule has 0 bridgehead atoms. The Morgan fingerprint density at radius 2 is 1.74 bits per heavy atom. The van der Waals surface area contributed by atoms with Crippen molar-refractivity contribution in [3.63, 3.8) is 0 Å². The number of nitriles is 1. The van der Waals surface area contributed by atoms with Gasteiger partial charge in [0, 0.05) is 15.1 Å². The molecule has 3 heteroatoms. The molecule has 96 valence electrons. The van der Waals surface area contributed by atoms with Crippen LogP contribution in [0.3, 0.4) is 0 Å². The molecule has 0 spiro atoms. The van der Waals surface area contributed by atoms with Crippen LogP contribution in [0.1, 0.15) is 22.3 Å². The Morgan fingerprint density at radius 3 is 2.37 bits per heavy atom. The second-order valence-corrected chi connectivity index (χ2v) is 6.54. The van der Waals surface area contributed by atoms with Gasteiger partial charge >= 0.3 is 0 Å². The molecular weight excluding hydrogens is 318 g/mol. The number of thioether (sulfide) groups is 1. The highest BCUT2D eigenvalue weighted by Crippen LogP contribution is 2.27. The Hall–Kier alpha value is -1.24. The van der Waals surface area contributed by atoms with Crippen LogP contribution in [0.15, 0.2) is 45.8 Å². The monoisotopic (exact) mass is 331 g/mol. The van der Waals surface area contributed by atoms with Crippen LogP contribution in [0.25, 0.3) is 0 Å². The van der Waals surface area contributed by atoms with Gasteiger partial charge in [0.1, 0.15) is 0 Å². The first kappa shape index (κ1) is 14.2. The van der Waals surface area contributed by atoms with Crippen molar-refractivity contribution in [2.45, 2.75) is 24.5 Å². The number of halogens is 1. The van der Waals surface area contributed by atoms with Gasteiger partial charge in [0.15, 0.2) is 0 Å². The summed E-state index contributed by atoms with van der Waals surface area (Å²) in [5.41, 5.74) is 4.60. The van der Waals surface area contributed by atoms with Crippen LogP contribution >= 0.6 is 27.7 Å². The van der Waals surface area contributed by atoms with E-state index in [2.05, 4.69) is 54.0 Å². The minimum absolute atomic E-state index is 0.692. The standard InChI is InChI=1S/C16H14BrNS/c1-11-3-12(2)5-14(4-11)10-19-16-7-13(9-18)6-15(17)8-16/h3-8H,10H2,1-2H3. The van der Waals surface area contributed by atoms with Gasteiger partial charge in [0.05, 0.1) is 11.6 Å². The van der Waals surface area contributed by atoms with E-state index in [1.807, 2.05) is 18.2 Å². The Morgan fingerprint density at radius 1 is 1.05 bits per heavy atom. The highest BCUT2D eigenvalue weighted by molar-refractivity contribution is 9.10. The zero-order valence-corrected chi connectivity index (χ0v) is 13.3. The molecule has 0 unspecified atom stereocenters. The number of aryl methyl sites for hydroxylation is 2. The SMILES string of the molecule is Cc1cc(C)cc(CSc2cc(Br)cc(C#N)c2)c1. The Labute approximate surface area is 126 Å². The maximum absolute atomic E-state index is 8.96. The lowest BCUT2D eigenvalue weighted by atomic mass is 10.1. The van der Waals surface area contributed by atoms with E-state index in [0.29, 0.717) is 5.56 Å².